The molecule has 0 saturated carbocycles. The van der Waals surface area contributed by atoms with Crippen molar-refractivity contribution < 1.29 is 23.1 Å². The smallest absolute Gasteiger partial charge is 0.387 e. The molecule has 2 aromatic carbocycles. The van der Waals surface area contributed by atoms with Crippen LogP contribution in [0.4, 0.5) is 8.78 Å². The van der Waals surface area contributed by atoms with Crippen molar-refractivity contribution in [1.82, 2.24) is 24.8 Å². The van der Waals surface area contributed by atoms with Crippen LogP contribution < -0.4 is 4.74 Å². The van der Waals surface area contributed by atoms with Crippen LogP contribution in [0.3, 0.4) is 0 Å². The molecule has 8 nitrogen and oxygen atoms in total. The fraction of sp³-hybridized carbons (Fsp3) is 0.304. The molecule has 4 rings (SSSR count). The summed E-state index contributed by atoms with van der Waals surface area (Å²) >= 11 is 0. The van der Waals surface area contributed by atoms with E-state index < -0.39 is 12.5 Å². The third kappa shape index (κ3) is 4.69. The highest BCUT2D eigenvalue weighted by Gasteiger charge is 2.29. The number of aryl methyl sites for hydroxylation is 1. The Morgan fingerprint density at radius 3 is 2.15 bits per heavy atom. The summed E-state index contributed by atoms with van der Waals surface area (Å²) in [5, 5.41) is 8.21. The monoisotopic (exact) mass is 455 g/mol. The first kappa shape index (κ1) is 22.4. The van der Waals surface area contributed by atoms with Crippen LogP contribution in [0.2, 0.25) is 0 Å². The number of hydrogen-bond donors (Lipinski definition) is 0. The molecule has 1 aliphatic heterocycles. The number of halogens is 2. The number of carbonyl (C=O) groups excluding carboxylic acids is 2. The number of benzene rings is 2. The molecule has 33 heavy (non-hydrogen) atoms. The van der Waals surface area contributed by atoms with Gasteiger partial charge in [-0.05, 0) is 38.1 Å². The Morgan fingerprint density at radius 1 is 0.909 bits per heavy atom. The van der Waals surface area contributed by atoms with E-state index in [4.69, 9.17) is 0 Å². The quantitative estimate of drug-likeness (QED) is 0.591. The molecule has 0 bridgehead atoms. The Bertz CT molecular complexity index is 1160. The summed E-state index contributed by atoms with van der Waals surface area (Å²) in [7, 11) is 0. The number of amides is 2. The minimum absolute atomic E-state index is 0.0643. The van der Waals surface area contributed by atoms with Gasteiger partial charge < -0.3 is 14.5 Å². The van der Waals surface area contributed by atoms with Gasteiger partial charge in [0.05, 0.1) is 16.9 Å². The molecule has 2 amide bonds. The van der Waals surface area contributed by atoms with E-state index in [0.717, 1.165) is 11.3 Å². The summed E-state index contributed by atoms with van der Waals surface area (Å²) in [5.41, 5.74) is 2.87. The Morgan fingerprint density at radius 2 is 1.52 bits per heavy atom. The third-order valence-corrected chi connectivity index (χ3v) is 5.56. The molecule has 172 valence electrons. The molecule has 1 saturated heterocycles. The predicted octanol–water partition coefficient (Wildman–Crippen LogP) is 3.08. The molecule has 0 N–H and O–H groups in total. The van der Waals surface area contributed by atoms with Crippen LogP contribution >= 0.6 is 0 Å². The lowest BCUT2D eigenvalue weighted by atomic mass is 10.1. The fourth-order valence-corrected chi connectivity index (χ4v) is 3.73. The first-order chi connectivity index (χ1) is 15.8. The minimum atomic E-state index is -3.02. The number of ether oxygens (including phenoxy) is 1. The molecule has 0 atom stereocenters. The second-order valence-electron chi connectivity index (χ2n) is 7.73. The molecule has 1 aromatic heterocycles. The first-order valence-electron chi connectivity index (χ1n) is 10.5. The highest BCUT2D eigenvalue weighted by molar-refractivity contribution is 5.97. The van der Waals surface area contributed by atoms with Crippen molar-refractivity contribution >= 4 is 11.8 Å². The van der Waals surface area contributed by atoms with E-state index in [1.165, 1.54) is 23.1 Å². The maximum absolute atomic E-state index is 13.0. The van der Waals surface area contributed by atoms with Gasteiger partial charge in [0.2, 0.25) is 0 Å². The topological polar surface area (TPSA) is 80.6 Å². The van der Waals surface area contributed by atoms with Crippen molar-refractivity contribution in [1.29, 1.82) is 0 Å². The van der Waals surface area contributed by atoms with Crippen LogP contribution in [0.1, 0.15) is 32.1 Å². The molecule has 1 aliphatic rings. The van der Waals surface area contributed by atoms with Crippen LogP contribution in [0, 0.1) is 13.8 Å². The number of nitrogens with zero attached hydrogens (tertiary/aromatic N) is 5. The molecule has 2 heterocycles. The zero-order valence-electron chi connectivity index (χ0n) is 18.2. The van der Waals surface area contributed by atoms with Gasteiger partial charge in [0, 0.05) is 26.2 Å². The van der Waals surface area contributed by atoms with Crippen molar-refractivity contribution in [3.63, 3.8) is 0 Å². The molecular formula is C23H23F2N5O3. The van der Waals surface area contributed by atoms with Crippen molar-refractivity contribution in [2.24, 2.45) is 0 Å². The number of carbonyl (C=O) groups is 2. The average Bonchev–Trinajstić information content (AvgIpc) is 3.20. The lowest BCUT2D eigenvalue weighted by Crippen LogP contribution is -2.50. The van der Waals surface area contributed by atoms with Crippen molar-refractivity contribution in [2.75, 3.05) is 26.2 Å². The second kappa shape index (κ2) is 9.35. The first-order valence-corrected chi connectivity index (χ1v) is 10.5. The van der Waals surface area contributed by atoms with Gasteiger partial charge in [-0.25, -0.2) is 4.68 Å². The SMILES string of the molecule is Cc1ccc(-n2nnc(C(=O)N3CCN(C(=O)c4ccccc4OC(F)F)CC3)c2C)cc1. The summed E-state index contributed by atoms with van der Waals surface area (Å²) in [4.78, 5) is 29.0. The molecule has 0 aliphatic carbocycles. The van der Waals surface area contributed by atoms with Crippen LogP contribution in [0.5, 0.6) is 5.75 Å². The molecule has 3 aromatic rings. The summed E-state index contributed by atoms with van der Waals surface area (Å²) in [5.74, 6) is -0.849. The van der Waals surface area contributed by atoms with Crippen molar-refractivity contribution in [2.45, 2.75) is 20.5 Å². The molecular weight excluding hydrogens is 432 g/mol. The third-order valence-electron chi connectivity index (χ3n) is 5.56. The van der Waals surface area contributed by atoms with Gasteiger partial charge in [-0.2, -0.15) is 8.78 Å². The van der Waals surface area contributed by atoms with E-state index in [0.29, 0.717) is 18.8 Å². The second-order valence-corrected chi connectivity index (χ2v) is 7.73. The zero-order chi connectivity index (χ0) is 23.5. The van der Waals surface area contributed by atoms with Crippen LogP contribution in [-0.2, 0) is 0 Å². The number of aromatic nitrogens is 3. The number of alkyl halides is 2. The van der Waals surface area contributed by atoms with E-state index in [2.05, 4.69) is 15.0 Å². The summed E-state index contributed by atoms with van der Waals surface area (Å²) in [6, 6.07) is 13.6. The van der Waals surface area contributed by atoms with E-state index in [1.54, 1.807) is 22.6 Å². The van der Waals surface area contributed by atoms with E-state index >= 15 is 0 Å². The molecule has 0 spiro atoms. The Labute approximate surface area is 189 Å². The number of piperazine rings is 1. The van der Waals surface area contributed by atoms with Crippen LogP contribution in [0.25, 0.3) is 5.69 Å². The molecule has 10 heteroatoms. The zero-order valence-corrected chi connectivity index (χ0v) is 18.2. The maximum Gasteiger partial charge on any atom is 0.387 e. The lowest BCUT2D eigenvalue weighted by molar-refractivity contribution is -0.0503. The molecule has 0 radical (unpaired) electrons. The largest absolute Gasteiger partial charge is 0.434 e. The molecule has 1 fully saturated rings. The predicted molar refractivity (Wildman–Crippen MR) is 116 cm³/mol. The van der Waals surface area contributed by atoms with Gasteiger partial charge in [-0.3, -0.25) is 9.59 Å². The van der Waals surface area contributed by atoms with Gasteiger partial charge in [-0.15, -0.1) is 5.10 Å². The summed E-state index contributed by atoms with van der Waals surface area (Å²) in [6.45, 7) is 1.86. The van der Waals surface area contributed by atoms with E-state index in [1.807, 2.05) is 31.2 Å². The standard InChI is InChI=1S/C23H23F2N5O3/c1-15-7-9-17(10-8-15)30-16(2)20(26-27-30)22(32)29-13-11-28(12-14-29)21(31)18-5-3-4-6-19(18)33-23(24)25/h3-10,23H,11-14H2,1-2H3. The lowest BCUT2D eigenvalue weighted by Gasteiger charge is -2.34. The van der Waals surface area contributed by atoms with Crippen molar-refractivity contribution in [3.05, 3.63) is 71.0 Å². The maximum atomic E-state index is 13.0. The molecule has 0 unspecified atom stereocenters. The number of para-hydroxylation sites is 1. The van der Waals surface area contributed by atoms with Gasteiger partial charge >= 0.3 is 6.61 Å². The Hall–Kier alpha value is -3.82. The Balaban J connectivity index is 1.43. The normalized spacial score (nSPS) is 14.0. The van der Waals surface area contributed by atoms with Gasteiger partial charge in [0.1, 0.15) is 5.75 Å². The van der Waals surface area contributed by atoms with Crippen LogP contribution in [-0.4, -0.2) is 69.4 Å². The van der Waals surface area contributed by atoms with Crippen LogP contribution in [0.15, 0.2) is 48.5 Å². The summed E-state index contributed by atoms with van der Waals surface area (Å²) in [6.07, 6.45) is 0. The fourth-order valence-electron chi connectivity index (χ4n) is 3.73. The van der Waals surface area contributed by atoms with Crippen molar-refractivity contribution in [3.8, 4) is 11.4 Å². The minimum Gasteiger partial charge on any atom is -0.434 e. The number of rotatable bonds is 5. The Kier molecular flexibility index (Phi) is 6.34. The van der Waals surface area contributed by atoms with Gasteiger partial charge in [0.15, 0.2) is 5.69 Å². The van der Waals surface area contributed by atoms with Gasteiger partial charge in [-0.1, -0.05) is 35.0 Å². The average molecular weight is 455 g/mol. The highest BCUT2D eigenvalue weighted by Crippen LogP contribution is 2.23. The number of hydrogen-bond acceptors (Lipinski definition) is 5. The summed E-state index contributed by atoms with van der Waals surface area (Å²) < 4.78 is 31.4. The van der Waals surface area contributed by atoms with E-state index in [-0.39, 0.29) is 36.0 Å². The highest BCUT2D eigenvalue weighted by atomic mass is 19.3. The van der Waals surface area contributed by atoms with E-state index in [9.17, 15) is 18.4 Å². The van der Waals surface area contributed by atoms with Gasteiger partial charge in [0.25, 0.3) is 11.8 Å².